The first-order valence-electron chi connectivity index (χ1n) is 8.66. The number of nitriles is 1. The number of benzene rings is 2. The molecule has 27 heavy (non-hydrogen) atoms. The molecule has 0 aliphatic rings. The van der Waals surface area contributed by atoms with E-state index in [4.69, 9.17) is 5.26 Å². The van der Waals surface area contributed by atoms with Gasteiger partial charge >= 0.3 is 0 Å². The van der Waals surface area contributed by atoms with Gasteiger partial charge < -0.3 is 10.6 Å². The molecule has 0 saturated heterocycles. The highest BCUT2D eigenvalue weighted by Crippen LogP contribution is 2.14. The van der Waals surface area contributed by atoms with Gasteiger partial charge in [-0.2, -0.15) is 5.26 Å². The fourth-order valence-corrected chi connectivity index (χ4v) is 2.55. The van der Waals surface area contributed by atoms with Crippen LogP contribution in [0.3, 0.4) is 0 Å². The molecule has 0 aliphatic heterocycles. The van der Waals surface area contributed by atoms with E-state index >= 15 is 0 Å². The molecule has 0 unspecified atom stereocenters. The summed E-state index contributed by atoms with van der Waals surface area (Å²) in [5.41, 5.74) is 2.93. The zero-order chi connectivity index (χ0) is 18.9. The van der Waals surface area contributed by atoms with Crippen molar-refractivity contribution in [1.82, 2.24) is 15.3 Å². The average Bonchev–Trinajstić information content (AvgIpc) is 2.72. The van der Waals surface area contributed by atoms with Crippen molar-refractivity contribution in [3.8, 4) is 6.07 Å². The molecule has 6 heteroatoms. The van der Waals surface area contributed by atoms with Crippen LogP contribution in [0.4, 0.5) is 11.6 Å². The smallest absolute Gasteiger partial charge is 0.254 e. The van der Waals surface area contributed by atoms with E-state index in [1.54, 1.807) is 18.2 Å². The van der Waals surface area contributed by atoms with Gasteiger partial charge in [0.1, 0.15) is 0 Å². The first-order chi connectivity index (χ1) is 13.2. The number of nitrogens with zero attached hydrogens (tertiary/aromatic N) is 3. The minimum Gasteiger partial charge on any atom is -0.352 e. The van der Waals surface area contributed by atoms with Gasteiger partial charge in [-0.1, -0.05) is 36.4 Å². The molecule has 0 saturated carbocycles. The molecular weight excluding hydrogens is 338 g/mol. The molecule has 0 aliphatic carbocycles. The molecule has 3 aromatic rings. The number of aromatic nitrogens is 2. The van der Waals surface area contributed by atoms with Gasteiger partial charge in [-0.3, -0.25) is 4.79 Å². The summed E-state index contributed by atoms with van der Waals surface area (Å²) in [4.78, 5) is 20.5. The van der Waals surface area contributed by atoms with Gasteiger partial charge in [-0.25, -0.2) is 9.97 Å². The van der Waals surface area contributed by atoms with Crippen LogP contribution in [0.1, 0.15) is 27.9 Å². The molecule has 1 aromatic heterocycles. The lowest BCUT2D eigenvalue weighted by atomic mass is 10.1. The summed E-state index contributed by atoms with van der Waals surface area (Å²) in [5, 5.41) is 14.8. The summed E-state index contributed by atoms with van der Waals surface area (Å²) in [5.74, 6) is 0.173. The minimum atomic E-state index is -0.193. The van der Waals surface area contributed by atoms with Crippen molar-refractivity contribution < 1.29 is 4.79 Å². The van der Waals surface area contributed by atoms with Crippen molar-refractivity contribution in [3.05, 3.63) is 83.7 Å². The number of carbonyl (C=O) groups is 1. The average molecular weight is 357 g/mol. The normalized spacial score (nSPS) is 10.0. The molecule has 1 amide bonds. The number of hydrogen-bond donors (Lipinski definition) is 2. The molecule has 3 rings (SSSR count). The van der Waals surface area contributed by atoms with Gasteiger partial charge in [0.15, 0.2) is 0 Å². The van der Waals surface area contributed by atoms with Crippen LogP contribution in [0.15, 0.2) is 67.0 Å². The Bertz CT molecular complexity index is 933. The molecule has 2 N–H and O–H groups in total. The highest BCUT2D eigenvalue weighted by atomic mass is 16.1. The molecular formula is C21H19N5O. The Labute approximate surface area is 157 Å². The first kappa shape index (κ1) is 18.1. The maximum atomic E-state index is 12.2. The standard InChI is InChI=1S/C21H19N5O/c22-13-17-8-4-10-19(12-17)26-21-24-14-18(15-25-21)20(27)23-11-5-9-16-6-2-1-3-7-16/h1-4,6-8,10,12,14-15H,5,9,11H2,(H,23,27)(H,24,25,26). The molecule has 0 radical (unpaired) electrons. The van der Waals surface area contributed by atoms with E-state index in [-0.39, 0.29) is 5.91 Å². The SMILES string of the molecule is N#Cc1cccc(Nc2ncc(C(=O)NCCCc3ccccc3)cn2)c1. The van der Waals surface area contributed by atoms with Crippen molar-refractivity contribution in [3.63, 3.8) is 0 Å². The van der Waals surface area contributed by atoms with Crippen LogP contribution in [0, 0.1) is 11.3 Å². The van der Waals surface area contributed by atoms with Gasteiger partial charge in [0, 0.05) is 24.6 Å². The van der Waals surface area contributed by atoms with E-state index < -0.39 is 0 Å². The maximum absolute atomic E-state index is 12.2. The lowest BCUT2D eigenvalue weighted by Gasteiger charge is -2.07. The number of carbonyl (C=O) groups excluding carboxylic acids is 1. The lowest BCUT2D eigenvalue weighted by Crippen LogP contribution is -2.25. The van der Waals surface area contributed by atoms with Crippen molar-refractivity contribution in [1.29, 1.82) is 5.26 Å². The molecule has 0 fully saturated rings. The number of amides is 1. The summed E-state index contributed by atoms with van der Waals surface area (Å²) in [6.07, 6.45) is 4.75. The number of rotatable bonds is 7. The third-order valence-corrected chi connectivity index (χ3v) is 3.93. The zero-order valence-corrected chi connectivity index (χ0v) is 14.7. The van der Waals surface area contributed by atoms with Crippen LogP contribution in [-0.2, 0) is 6.42 Å². The molecule has 2 aromatic carbocycles. The Morgan fingerprint density at radius 2 is 1.81 bits per heavy atom. The Kier molecular flexibility index (Phi) is 6.10. The number of anilines is 2. The van der Waals surface area contributed by atoms with Gasteiger partial charge in [0.05, 0.1) is 17.2 Å². The quantitative estimate of drug-likeness (QED) is 0.632. The zero-order valence-electron chi connectivity index (χ0n) is 14.7. The Morgan fingerprint density at radius 3 is 2.56 bits per heavy atom. The molecule has 0 bridgehead atoms. The van der Waals surface area contributed by atoms with Gasteiger partial charge in [0.2, 0.25) is 5.95 Å². The largest absolute Gasteiger partial charge is 0.352 e. The van der Waals surface area contributed by atoms with Crippen molar-refractivity contribution in [2.75, 3.05) is 11.9 Å². The van der Waals surface area contributed by atoms with E-state index in [1.165, 1.54) is 18.0 Å². The van der Waals surface area contributed by atoms with E-state index in [0.29, 0.717) is 29.3 Å². The second kappa shape index (κ2) is 9.11. The van der Waals surface area contributed by atoms with Crippen molar-refractivity contribution >= 4 is 17.5 Å². The lowest BCUT2D eigenvalue weighted by molar-refractivity contribution is 0.0952. The molecule has 0 atom stereocenters. The molecule has 6 nitrogen and oxygen atoms in total. The van der Waals surface area contributed by atoms with Crippen LogP contribution in [-0.4, -0.2) is 22.4 Å². The molecule has 134 valence electrons. The van der Waals surface area contributed by atoms with E-state index in [1.807, 2.05) is 24.3 Å². The summed E-state index contributed by atoms with van der Waals surface area (Å²) < 4.78 is 0. The van der Waals surface area contributed by atoms with Crippen molar-refractivity contribution in [2.45, 2.75) is 12.8 Å². The fourth-order valence-electron chi connectivity index (χ4n) is 2.55. The van der Waals surface area contributed by atoms with E-state index in [9.17, 15) is 4.79 Å². The number of aryl methyl sites for hydroxylation is 1. The highest BCUT2D eigenvalue weighted by molar-refractivity contribution is 5.93. The van der Waals surface area contributed by atoms with Crippen LogP contribution in [0.5, 0.6) is 0 Å². The number of nitrogens with one attached hydrogen (secondary N) is 2. The van der Waals surface area contributed by atoms with E-state index in [2.05, 4.69) is 38.8 Å². The fraction of sp³-hybridized carbons (Fsp3) is 0.143. The first-order valence-corrected chi connectivity index (χ1v) is 8.66. The maximum Gasteiger partial charge on any atom is 0.254 e. The summed E-state index contributed by atoms with van der Waals surface area (Å²) in [6, 6.07) is 19.3. The monoisotopic (exact) mass is 357 g/mol. The van der Waals surface area contributed by atoms with Crippen LogP contribution in [0.2, 0.25) is 0 Å². The van der Waals surface area contributed by atoms with E-state index in [0.717, 1.165) is 12.8 Å². The predicted molar refractivity (Wildman–Crippen MR) is 104 cm³/mol. The number of hydrogen-bond acceptors (Lipinski definition) is 5. The van der Waals surface area contributed by atoms with Crippen LogP contribution in [0.25, 0.3) is 0 Å². The highest BCUT2D eigenvalue weighted by Gasteiger charge is 2.07. The third-order valence-electron chi connectivity index (χ3n) is 3.93. The predicted octanol–water partition coefficient (Wildman–Crippen LogP) is 3.45. The van der Waals surface area contributed by atoms with Gasteiger partial charge in [0.25, 0.3) is 5.91 Å². The minimum absolute atomic E-state index is 0.193. The second-order valence-corrected chi connectivity index (χ2v) is 5.96. The second-order valence-electron chi connectivity index (χ2n) is 5.96. The Hall–Kier alpha value is -3.72. The third kappa shape index (κ3) is 5.38. The van der Waals surface area contributed by atoms with Crippen LogP contribution >= 0.6 is 0 Å². The van der Waals surface area contributed by atoms with Gasteiger partial charge in [-0.05, 0) is 36.6 Å². The Balaban J connectivity index is 1.49. The Morgan fingerprint density at radius 1 is 1.04 bits per heavy atom. The van der Waals surface area contributed by atoms with Gasteiger partial charge in [-0.15, -0.1) is 0 Å². The summed E-state index contributed by atoms with van der Waals surface area (Å²) >= 11 is 0. The van der Waals surface area contributed by atoms with Crippen LogP contribution < -0.4 is 10.6 Å². The summed E-state index contributed by atoms with van der Waals surface area (Å²) in [7, 11) is 0. The summed E-state index contributed by atoms with van der Waals surface area (Å²) in [6.45, 7) is 0.592. The topological polar surface area (TPSA) is 90.7 Å². The molecule has 1 heterocycles. The molecule has 0 spiro atoms. The van der Waals surface area contributed by atoms with Crippen molar-refractivity contribution in [2.24, 2.45) is 0 Å².